The van der Waals surface area contributed by atoms with Gasteiger partial charge in [0.05, 0.1) is 29.5 Å². The molecule has 0 saturated carbocycles. The number of carbonyl (C=O) groups is 1. The smallest absolute Gasteiger partial charge is 0.393 e. The molecule has 1 aromatic heterocycles. The van der Waals surface area contributed by atoms with Crippen molar-refractivity contribution in [2.75, 3.05) is 0 Å². The number of fused-ring (bicyclic) bond motifs is 3. The fourth-order valence-electron chi connectivity index (χ4n) is 4.49. The zero-order valence-electron chi connectivity index (χ0n) is 18.8. The zero-order valence-corrected chi connectivity index (χ0v) is 19.5. The van der Waals surface area contributed by atoms with Gasteiger partial charge < -0.3 is 19.1 Å². The number of hydrogen-bond acceptors (Lipinski definition) is 3. The molecule has 2 aromatic carbocycles. The van der Waals surface area contributed by atoms with Gasteiger partial charge in [-0.1, -0.05) is 17.7 Å². The lowest BCUT2D eigenvalue weighted by molar-refractivity contribution is -0.137. The molecule has 0 aliphatic carbocycles. The Morgan fingerprint density at radius 2 is 2.00 bits per heavy atom. The van der Waals surface area contributed by atoms with Crippen LogP contribution in [0.5, 0.6) is 11.5 Å². The second-order valence-electron chi connectivity index (χ2n) is 8.80. The van der Waals surface area contributed by atoms with Gasteiger partial charge in [-0.05, 0) is 56.2 Å². The Morgan fingerprint density at radius 3 is 2.68 bits per heavy atom. The van der Waals surface area contributed by atoms with Crippen molar-refractivity contribution >= 4 is 28.5 Å². The first-order chi connectivity index (χ1) is 16.0. The Bertz CT molecular complexity index is 1220. The second kappa shape index (κ2) is 9.41. The molecule has 0 bridgehead atoms. The Balaban J connectivity index is 1.55. The van der Waals surface area contributed by atoms with Gasteiger partial charge in [0.2, 0.25) is 0 Å². The highest BCUT2D eigenvalue weighted by molar-refractivity contribution is 6.36. The molecule has 182 valence electrons. The number of hydrogen-bond donors (Lipinski definition) is 1. The summed E-state index contributed by atoms with van der Waals surface area (Å²) in [4.78, 5) is 11.2. The van der Waals surface area contributed by atoms with Crippen LogP contribution in [0.3, 0.4) is 0 Å². The summed E-state index contributed by atoms with van der Waals surface area (Å²) in [5.41, 5.74) is 2.38. The number of carboxylic acid groups (broad SMARTS) is 1. The van der Waals surface area contributed by atoms with E-state index in [2.05, 4.69) is 0 Å². The average molecular weight is 496 g/mol. The standard InChI is InChI=1S/C25H25ClF3NO4/c1-14(2)34-21-6-3-15(9-17(21)12-25(27,28)29)13-33-18-4-5-20-19(11-18)23(26)24-16(10-22(31)32)7-8-30(20)24/h3-6,9,11,14,16H,7-8,10,12-13H2,1-2H3,(H,31,32)/t16-/m1/s1. The summed E-state index contributed by atoms with van der Waals surface area (Å²) in [6.45, 7) is 4.29. The molecule has 0 spiro atoms. The van der Waals surface area contributed by atoms with Crippen LogP contribution in [0.4, 0.5) is 13.2 Å². The third-order valence-electron chi connectivity index (χ3n) is 5.80. The van der Waals surface area contributed by atoms with Gasteiger partial charge in [0, 0.05) is 29.1 Å². The fraction of sp³-hybridized carbons (Fsp3) is 0.400. The number of aryl methyl sites for hydroxylation is 1. The van der Waals surface area contributed by atoms with Crippen molar-refractivity contribution < 1.29 is 32.5 Å². The van der Waals surface area contributed by atoms with Crippen LogP contribution in [0.25, 0.3) is 10.9 Å². The van der Waals surface area contributed by atoms with Gasteiger partial charge in [0.15, 0.2) is 0 Å². The normalized spacial score (nSPS) is 15.7. The second-order valence-corrected chi connectivity index (χ2v) is 9.18. The number of halogens is 4. The molecule has 34 heavy (non-hydrogen) atoms. The molecule has 0 unspecified atom stereocenters. The van der Waals surface area contributed by atoms with E-state index < -0.39 is 18.6 Å². The molecule has 9 heteroatoms. The lowest BCUT2D eigenvalue weighted by atomic mass is 10.0. The van der Waals surface area contributed by atoms with Crippen LogP contribution in [-0.4, -0.2) is 27.9 Å². The molecule has 1 aliphatic heterocycles. The van der Waals surface area contributed by atoms with E-state index in [1.807, 2.05) is 10.6 Å². The van der Waals surface area contributed by atoms with E-state index in [0.29, 0.717) is 22.9 Å². The summed E-state index contributed by atoms with van der Waals surface area (Å²) in [5.74, 6) is -0.268. The van der Waals surface area contributed by atoms with Gasteiger partial charge in [0.1, 0.15) is 18.1 Å². The Hall–Kier alpha value is -2.87. The zero-order chi connectivity index (χ0) is 24.6. The summed E-state index contributed by atoms with van der Waals surface area (Å²) >= 11 is 6.62. The van der Waals surface area contributed by atoms with Crippen molar-refractivity contribution in [1.82, 2.24) is 4.57 Å². The molecule has 1 aliphatic rings. The minimum Gasteiger partial charge on any atom is -0.491 e. The third kappa shape index (κ3) is 5.27. The molecular weight excluding hydrogens is 471 g/mol. The summed E-state index contributed by atoms with van der Waals surface area (Å²) in [6.07, 6.45) is -4.93. The summed E-state index contributed by atoms with van der Waals surface area (Å²) in [5, 5.41) is 10.5. The number of rotatable bonds is 8. The summed E-state index contributed by atoms with van der Waals surface area (Å²) in [6, 6.07) is 10.1. The number of ether oxygens (including phenoxy) is 2. The van der Waals surface area contributed by atoms with Crippen LogP contribution in [0.15, 0.2) is 36.4 Å². The van der Waals surface area contributed by atoms with Crippen LogP contribution in [0, 0.1) is 0 Å². The van der Waals surface area contributed by atoms with Crippen LogP contribution < -0.4 is 9.47 Å². The Morgan fingerprint density at radius 1 is 1.24 bits per heavy atom. The lowest BCUT2D eigenvalue weighted by Gasteiger charge is -2.17. The molecule has 1 N–H and O–H groups in total. The highest BCUT2D eigenvalue weighted by atomic mass is 35.5. The molecule has 4 rings (SSSR count). The predicted molar refractivity (Wildman–Crippen MR) is 123 cm³/mol. The third-order valence-corrected chi connectivity index (χ3v) is 6.20. The topological polar surface area (TPSA) is 60.7 Å². The van der Waals surface area contributed by atoms with Gasteiger partial charge >= 0.3 is 12.1 Å². The van der Waals surface area contributed by atoms with E-state index in [4.69, 9.17) is 21.1 Å². The first-order valence-corrected chi connectivity index (χ1v) is 11.4. The Labute approximate surface area is 200 Å². The molecular formula is C25H25ClF3NO4. The van der Waals surface area contributed by atoms with Crippen molar-refractivity contribution in [3.8, 4) is 11.5 Å². The van der Waals surface area contributed by atoms with Crippen molar-refractivity contribution in [3.63, 3.8) is 0 Å². The number of benzene rings is 2. The van der Waals surface area contributed by atoms with Gasteiger partial charge in [-0.3, -0.25) is 4.79 Å². The van der Waals surface area contributed by atoms with Crippen molar-refractivity contribution in [2.24, 2.45) is 0 Å². The van der Waals surface area contributed by atoms with E-state index in [9.17, 15) is 23.1 Å². The molecule has 0 saturated heterocycles. The van der Waals surface area contributed by atoms with Gasteiger partial charge in [-0.2, -0.15) is 13.2 Å². The Kier molecular flexibility index (Phi) is 6.71. The van der Waals surface area contributed by atoms with E-state index in [-0.39, 0.29) is 36.4 Å². The first kappa shape index (κ1) is 24.3. The maximum atomic E-state index is 13.1. The van der Waals surface area contributed by atoms with Gasteiger partial charge in [0.25, 0.3) is 0 Å². The molecule has 2 heterocycles. The average Bonchev–Trinajstić information content (AvgIpc) is 3.26. The highest BCUT2D eigenvalue weighted by Crippen LogP contribution is 2.43. The van der Waals surface area contributed by atoms with E-state index in [0.717, 1.165) is 23.0 Å². The number of carboxylic acids is 1. The van der Waals surface area contributed by atoms with Crippen molar-refractivity contribution in [2.45, 2.75) is 64.5 Å². The lowest BCUT2D eigenvalue weighted by Crippen LogP contribution is -2.15. The molecule has 3 aromatic rings. The molecule has 1 atom stereocenters. The van der Waals surface area contributed by atoms with E-state index >= 15 is 0 Å². The molecule has 0 amide bonds. The van der Waals surface area contributed by atoms with Crippen molar-refractivity contribution in [3.05, 3.63) is 58.2 Å². The summed E-state index contributed by atoms with van der Waals surface area (Å²) in [7, 11) is 0. The van der Waals surface area contributed by atoms with Gasteiger partial charge in [-0.25, -0.2) is 0 Å². The van der Waals surface area contributed by atoms with E-state index in [1.54, 1.807) is 38.1 Å². The molecule has 0 radical (unpaired) electrons. The number of alkyl halides is 3. The minimum absolute atomic E-state index is 0.0240. The van der Waals surface area contributed by atoms with Crippen LogP contribution >= 0.6 is 11.6 Å². The first-order valence-electron chi connectivity index (χ1n) is 11.0. The quantitative estimate of drug-likeness (QED) is 0.376. The molecule has 0 fully saturated rings. The van der Waals surface area contributed by atoms with Crippen LogP contribution in [-0.2, 0) is 24.4 Å². The predicted octanol–water partition coefficient (Wildman–Crippen LogP) is 6.73. The van der Waals surface area contributed by atoms with Crippen molar-refractivity contribution in [1.29, 1.82) is 0 Å². The summed E-state index contributed by atoms with van der Waals surface area (Å²) < 4.78 is 52.6. The van der Waals surface area contributed by atoms with Gasteiger partial charge in [-0.15, -0.1) is 0 Å². The van der Waals surface area contributed by atoms with E-state index in [1.165, 1.54) is 6.07 Å². The monoisotopic (exact) mass is 495 g/mol. The maximum Gasteiger partial charge on any atom is 0.393 e. The number of aromatic nitrogens is 1. The minimum atomic E-state index is -4.36. The number of aliphatic carboxylic acids is 1. The van der Waals surface area contributed by atoms with Crippen LogP contribution in [0.1, 0.15) is 49.4 Å². The SMILES string of the molecule is CC(C)Oc1ccc(COc2ccc3c(c2)c(Cl)c2n3CC[C@@H]2CC(=O)O)cc1CC(F)(F)F. The number of nitrogens with zero attached hydrogens (tertiary/aromatic N) is 1. The maximum absolute atomic E-state index is 13.1. The molecule has 5 nitrogen and oxygen atoms in total. The fourth-order valence-corrected chi connectivity index (χ4v) is 4.89. The largest absolute Gasteiger partial charge is 0.491 e. The highest BCUT2D eigenvalue weighted by Gasteiger charge is 2.31. The van der Waals surface area contributed by atoms with Crippen LogP contribution in [0.2, 0.25) is 5.02 Å².